The normalized spacial score (nSPS) is 17.1. The average Bonchev–Trinajstić information content (AvgIpc) is 3.00. The molecule has 0 aliphatic carbocycles. The van der Waals surface area contributed by atoms with Crippen LogP contribution in [0.2, 0.25) is 0 Å². The molecule has 0 atom stereocenters. The lowest BCUT2D eigenvalue weighted by Crippen LogP contribution is -2.53. The Hall–Kier alpha value is -1.98. The number of hydrogen-bond acceptors (Lipinski definition) is 4. The highest BCUT2D eigenvalue weighted by Crippen LogP contribution is 2.30. The van der Waals surface area contributed by atoms with E-state index in [1.165, 1.54) is 0 Å². The molecule has 2 heterocycles. The van der Waals surface area contributed by atoms with E-state index < -0.39 is 5.54 Å². The number of carbonyl (C=O) groups excluding carboxylic acids is 1. The van der Waals surface area contributed by atoms with Crippen LogP contribution in [0.5, 0.6) is 0 Å². The maximum Gasteiger partial charge on any atom is 0.227 e. The minimum Gasteiger partial charge on any atom is -0.394 e. The number of aliphatic hydroxyl groups excluding tert-OH is 2. The van der Waals surface area contributed by atoms with Crippen molar-refractivity contribution in [1.82, 2.24) is 9.88 Å². The molecule has 0 unspecified atom stereocenters. The molecular weight excluding hydrogens is 280 g/mol. The first-order chi connectivity index (χ1) is 10.7. The first kappa shape index (κ1) is 14.9. The number of likely N-dealkylation sites (tertiary alicyclic amines) is 1. The third-order valence-corrected chi connectivity index (χ3v) is 4.60. The zero-order valence-corrected chi connectivity index (χ0v) is 12.4. The number of rotatable bonds is 4. The third kappa shape index (κ3) is 2.46. The van der Waals surface area contributed by atoms with E-state index in [0.717, 1.165) is 22.8 Å². The lowest BCUT2D eigenvalue weighted by molar-refractivity contribution is -0.138. The number of aromatic nitrogens is 1. The number of pyridine rings is 1. The number of aliphatic hydroxyl groups is 2. The summed E-state index contributed by atoms with van der Waals surface area (Å²) in [4.78, 5) is 18.4. The molecule has 2 N–H and O–H groups in total. The molecule has 0 saturated carbocycles. The lowest BCUT2D eigenvalue weighted by atomic mass is 9.97. The summed E-state index contributed by atoms with van der Waals surface area (Å²) in [6.45, 7) is 0.190. The number of benzene rings is 1. The number of hydrogen-bond donors (Lipinski definition) is 2. The Morgan fingerprint density at radius 3 is 2.86 bits per heavy atom. The number of amides is 1. The first-order valence-corrected chi connectivity index (χ1v) is 7.54. The molecule has 116 valence electrons. The van der Waals surface area contributed by atoms with Gasteiger partial charge in [-0.05, 0) is 29.9 Å². The molecule has 22 heavy (non-hydrogen) atoms. The average molecular weight is 300 g/mol. The molecule has 5 heteroatoms. The van der Waals surface area contributed by atoms with Crippen LogP contribution in [0.15, 0.2) is 36.7 Å². The van der Waals surface area contributed by atoms with Crippen LogP contribution in [0, 0.1) is 0 Å². The Morgan fingerprint density at radius 2 is 2.09 bits per heavy atom. The topological polar surface area (TPSA) is 73.7 Å². The third-order valence-electron chi connectivity index (χ3n) is 4.60. The fraction of sp³-hybridized carbons (Fsp3) is 0.412. The first-order valence-electron chi connectivity index (χ1n) is 7.54. The van der Waals surface area contributed by atoms with Crippen molar-refractivity contribution in [2.45, 2.75) is 24.8 Å². The van der Waals surface area contributed by atoms with Gasteiger partial charge in [0.25, 0.3) is 0 Å². The second-order valence-corrected chi connectivity index (χ2v) is 5.88. The quantitative estimate of drug-likeness (QED) is 0.887. The summed E-state index contributed by atoms with van der Waals surface area (Å²) >= 11 is 0. The Bertz CT molecular complexity index is 677. The van der Waals surface area contributed by atoms with E-state index in [-0.39, 0.29) is 25.5 Å². The molecule has 1 aromatic carbocycles. The lowest BCUT2D eigenvalue weighted by Gasteiger charge is -2.35. The Kier molecular flexibility index (Phi) is 4.09. The van der Waals surface area contributed by atoms with Crippen LogP contribution in [0.25, 0.3) is 10.8 Å². The van der Waals surface area contributed by atoms with Crippen LogP contribution < -0.4 is 0 Å². The standard InChI is InChI=1S/C17H20N2O3/c20-11-17(12-21)6-2-8-19(17)16(22)9-13-3-1-4-14-10-18-7-5-15(13)14/h1,3-5,7,10,20-21H,2,6,8-9,11-12H2. The van der Waals surface area contributed by atoms with Crippen molar-refractivity contribution < 1.29 is 15.0 Å². The number of nitrogens with zero attached hydrogens (tertiary/aromatic N) is 2. The van der Waals surface area contributed by atoms with Gasteiger partial charge in [0, 0.05) is 24.3 Å². The largest absolute Gasteiger partial charge is 0.394 e. The van der Waals surface area contributed by atoms with Gasteiger partial charge in [0.1, 0.15) is 0 Å². The number of fused-ring (bicyclic) bond motifs is 1. The van der Waals surface area contributed by atoms with Crippen molar-refractivity contribution >= 4 is 16.7 Å². The van der Waals surface area contributed by atoms with Crippen LogP contribution in [0.3, 0.4) is 0 Å². The number of carbonyl (C=O) groups is 1. The summed E-state index contributed by atoms with van der Waals surface area (Å²) in [6.07, 6.45) is 5.23. The highest BCUT2D eigenvalue weighted by molar-refractivity contribution is 5.90. The Balaban J connectivity index is 1.87. The second kappa shape index (κ2) is 6.02. The summed E-state index contributed by atoms with van der Waals surface area (Å²) < 4.78 is 0. The predicted octanol–water partition coefficient (Wildman–Crippen LogP) is 1.12. The second-order valence-electron chi connectivity index (χ2n) is 5.88. The highest BCUT2D eigenvalue weighted by Gasteiger charge is 2.42. The SMILES string of the molecule is O=C(Cc1cccc2cnccc12)N1CCCC1(CO)CO. The van der Waals surface area contributed by atoms with Gasteiger partial charge in [0.05, 0.1) is 25.2 Å². The van der Waals surface area contributed by atoms with Crippen LogP contribution >= 0.6 is 0 Å². The van der Waals surface area contributed by atoms with E-state index in [2.05, 4.69) is 4.98 Å². The smallest absolute Gasteiger partial charge is 0.227 e. The van der Waals surface area contributed by atoms with Gasteiger partial charge < -0.3 is 15.1 Å². The van der Waals surface area contributed by atoms with E-state index >= 15 is 0 Å². The van der Waals surface area contributed by atoms with E-state index in [1.807, 2.05) is 24.3 Å². The molecule has 1 saturated heterocycles. The predicted molar refractivity (Wildman–Crippen MR) is 83.3 cm³/mol. The van der Waals surface area contributed by atoms with Crippen LogP contribution in [0.4, 0.5) is 0 Å². The van der Waals surface area contributed by atoms with Crippen molar-refractivity contribution in [3.63, 3.8) is 0 Å². The maximum atomic E-state index is 12.7. The van der Waals surface area contributed by atoms with E-state index in [9.17, 15) is 15.0 Å². The Morgan fingerprint density at radius 1 is 1.27 bits per heavy atom. The summed E-state index contributed by atoms with van der Waals surface area (Å²) in [5.74, 6) is -0.0510. The molecule has 1 aliphatic heterocycles. The zero-order valence-electron chi connectivity index (χ0n) is 12.4. The van der Waals surface area contributed by atoms with Gasteiger partial charge in [-0.15, -0.1) is 0 Å². The molecule has 1 amide bonds. The van der Waals surface area contributed by atoms with Crippen molar-refractivity contribution in [2.24, 2.45) is 0 Å². The van der Waals surface area contributed by atoms with Crippen molar-refractivity contribution in [3.8, 4) is 0 Å². The van der Waals surface area contributed by atoms with Crippen molar-refractivity contribution in [3.05, 3.63) is 42.2 Å². The minimum atomic E-state index is -0.802. The van der Waals surface area contributed by atoms with E-state index in [1.54, 1.807) is 17.3 Å². The zero-order chi connectivity index (χ0) is 15.6. The van der Waals surface area contributed by atoms with Crippen LogP contribution in [0.1, 0.15) is 18.4 Å². The molecule has 0 radical (unpaired) electrons. The summed E-state index contributed by atoms with van der Waals surface area (Å²) in [7, 11) is 0. The fourth-order valence-electron chi connectivity index (χ4n) is 3.31. The molecule has 0 spiro atoms. The van der Waals surface area contributed by atoms with E-state index in [4.69, 9.17) is 0 Å². The monoisotopic (exact) mass is 300 g/mol. The maximum absolute atomic E-state index is 12.7. The molecular formula is C17H20N2O3. The van der Waals surface area contributed by atoms with Crippen molar-refractivity contribution in [1.29, 1.82) is 0 Å². The molecule has 1 aliphatic rings. The van der Waals surface area contributed by atoms with Gasteiger partial charge in [-0.25, -0.2) is 0 Å². The highest BCUT2D eigenvalue weighted by atomic mass is 16.3. The summed E-state index contributed by atoms with van der Waals surface area (Å²) in [5, 5.41) is 21.2. The molecule has 0 bridgehead atoms. The van der Waals surface area contributed by atoms with Crippen LogP contribution in [-0.4, -0.2) is 51.3 Å². The van der Waals surface area contributed by atoms with Gasteiger partial charge in [-0.2, -0.15) is 0 Å². The summed E-state index contributed by atoms with van der Waals surface area (Å²) in [6, 6.07) is 7.74. The molecule has 1 aromatic heterocycles. The fourth-order valence-corrected chi connectivity index (χ4v) is 3.31. The molecule has 1 fully saturated rings. The molecule has 2 aromatic rings. The van der Waals surface area contributed by atoms with Gasteiger partial charge >= 0.3 is 0 Å². The van der Waals surface area contributed by atoms with Crippen LogP contribution in [-0.2, 0) is 11.2 Å². The molecule has 5 nitrogen and oxygen atoms in total. The van der Waals surface area contributed by atoms with Gasteiger partial charge in [0.2, 0.25) is 5.91 Å². The summed E-state index contributed by atoms with van der Waals surface area (Å²) in [5.41, 5.74) is 0.144. The van der Waals surface area contributed by atoms with Crippen molar-refractivity contribution in [2.75, 3.05) is 19.8 Å². The van der Waals surface area contributed by atoms with E-state index in [0.29, 0.717) is 13.0 Å². The van der Waals surface area contributed by atoms with Gasteiger partial charge in [-0.3, -0.25) is 9.78 Å². The van der Waals surface area contributed by atoms with Gasteiger partial charge in [-0.1, -0.05) is 18.2 Å². The Labute approximate surface area is 129 Å². The van der Waals surface area contributed by atoms with Gasteiger partial charge in [0.15, 0.2) is 0 Å². The molecule has 3 rings (SSSR count). The minimum absolute atomic E-state index is 0.0510.